The molecule has 0 radical (unpaired) electrons. The predicted molar refractivity (Wildman–Crippen MR) is 107 cm³/mol. The van der Waals surface area contributed by atoms with Gasteiger partial charge in [-0.05, 0) is 55.5 Å². The number of aryl methyl sites for hydroxylation is 1. The zero-order valence-corrected chi connectivity index (χ0v) is 16.7. The summed E-state index contributed by atoms with van der Waals surface area (Å²) in [6, 6.07) is 15.5. The van der Waals surface area contributed by atoms with Gasteiger partial charge in [-0.1, -0.05) is 37.3 Å². The molecular formula is C21H26N2O3S. The van der Waals surface area contributed by atoms with Gasteiger partial charge in [0.1, 0.15) is 6.54 Å². The lowest BCUT2D eigenvalue weighted by Gasteiger charge is -2.32. The molecule has 1 heterocycles. The number of hydrogen-bond acceptors (Lipinski definition) is 3. The Hall–Kier alpha value is -2.34. The van der Waals surface area contributed by atoms with Crippen LogP contribution in [0.1, 0.15) is 25.3 Å². The lowest BCUT2D eigenvalue weighted by atomic mass is 9.99. The highest BCUT2D eigenvalue weighted by Crippen LogP contribution is 2.25. The lowest BCUT2D eigenvalue weighted by molar-refractivity contribution is -0.130. The van der Waals surface area contributed by atoms with Crippen molar-refractivity contribution in [2.75, 3.05) is 23.9 Å². The third-order valence-electron chi connectivity index (χ3n) is 5.04. The highest BCUT2D eigenvalue weighted by molar-refractivity contribution is 7.92. The highest BCUT2D eigenvalue weighted by atomic mass is 32.2. The number of carbonyl (C=O) groups is 1. The van der Waals surface area contributed by atoms with Crippen LogP contribution >= 0.6 is 0 Å². The van der Waals surface area contributed by atoms with Crippen LogP contribution in [0.4, 0.5) is 5.69 Å². The Morgan fingerprint density at radius 3 is 2.37 bits per heavy atom. The van der Waals surface area contributed by atoms with Gasteiger partial charge in [-0.25, -0.2) is 8.42 Å². The zero-order valence-electron chi connectivity index (χ0n) is 15.8. The summed E-state index contributed by atoms with van der Waals surface area (Å²) in [6.45, 7) is 5.28. The van der Waals surface area contributed by atoms with Gasteiger partial charge >= 0.3 is 0 Å². The first-order chi connectivity index (χ1) is 12.9. The van der Waals surface area contributed by atoms with E-state index in [1.807, 2.05) is 19.1 Å². The van der Waals surface area contributed by atoms with E-state index in [1.54, 1.807) is 47.4 Å². The molecule has 1 saturated heterocycles. The Kier molecular flexibility index (Phi) is 5.85. The maximum Gasteiger partial charge on any atom is 0.264 e. The van der Waals surface area contributed by atoms with Gasteiger partial charge in [0.15, 0.2) is 0 Å². The second kappa shape index (κ2) is 8.13. The molecule has 2 aromatic carbocycles. The Bertz CT molecular complexity index is 889. The van der Waals surface area contributed by atoms with Crippen LogP contribution in [-0.2, 0) is 14.8 Å². The number of amides is 1. The van der Waals surface area contributed by atoms with Crippen LogP contribution in [0, 0.1) is 12.8 Å². The minimum atomic E-state index is -3.83. The number of likely N-dealkylation sites (tertiary alicyclic amines) is 1. The summed E-state index contributed by atoms with van der Waals surface area (Å²) in [5.41, 5.74) is 1.46. The van der Waals surface area contributed by atoms with Crippen molar-refractivity contribution in [3.8, 4) is 0 Å². The fourth-order valence-corrected chi connectivity index (χ4v) is 4.73. The van der Waals surface area contributed by atoms with Crippen LogP contribution in [0.3, 0.4) is 0 Å². The number of benzene rings is 2. The molecule has 0 aliphatic carbocycles. The third-order valence-corrected chi connectivity index (χ3v) is 6.82. The SMILES string of the molecule is Cc1cccc(N(CC(=O)N2CCC(C)CC2)S(=O)(=O)c2ccccc2)c1. The molecule has 1 aliphatic rings. The second-order valence-electron chi connectivity index (χ2n) is 7.23. The Morgan fingerprint density at radius 1 is 1.07 bits per heavy atom. The van der Waals surface area contributed by atoms with Crippen molar-refractivity contribution in [2.24, 2.45) is 5.92 Å². The predicted octanol–water partition coefficient (Wildman–Crippen LogP) is 3.45. The number of rotatable bonds is 5. The van der Waals surface area contributed by atoms with Crippen molar-refractivity contribution in [2.45, 2.75) is 31.6 Å². The first-order valence-corrected chi connectivity index (χ1v) is 10.7. The highest BCUT2D eigenvalue weighted by Gasteiger charge is 2.30. The van der Waals surface area contributed by atoms with E-state index in [1.165, 1.54) is 4.31 Å². The van der Waals surface area contributed by atoms with Gasteiger partial charge in [-0.2, -0.15) is 0 Å². The van der Waals surface area contributed by atoms with Crippen LogP contribution in [0.5, 0.6) is 0 Å². The largest absolute Gasteiger partial charge is 0.341 e. The number of sulfonamides is 1. The summed E-state index contributed by atoms with van der Waals surface area (Å²) in [5, 5.41) is 0. The number of carbonyl (C=O) groups excluding carboxylic acids is 1. The Morgan fingerprint density at radius 2 is 1.74 bits per heavy atom. The van der Waals surface area contributed by atoms with Gasteiger partial charge in [0.2, 0.25) is 5.91 Å². The standard InChI is InChI=1S/C21H26N2O3S/c1-17-11-13-22(14-12-17)21(24)16-23(19-8-6-7-18(2)15-19)27(25,26)20-9-4-3-5-10-20/h3-10,15,17H,11-14,16H2,1-2H3. The van der Waals surface area contributed by atoms with Gasteiger partial charge < -0.3 is 4.90 Å². The van der Waals surface area contributed by atoms with Gasteiger partial charge in [0.05, 0.1) is 10.6 Å². The van der Waals surface area contributed by atoms with Gasteiger partial charge in [0, 0.05) is 13.1 Å². The van der Waals surface area contributed by atoms with E-state index in [9.17, 15) is 13.2 Å². The van der Waals surface area contributed by atoms with Crippen LogP contribution in [0.15, 0.2) is 59.5 Å². The normalized spacial score (nSPS) is 15.6. The van der Waals surface area contributed by atoms with Crippen molar-refractivity contribution >= 4 is 21.6 Å². The van der Waals surface area contributed by atoms with Crippen molar-refractivity contribution in [1.29, 1.82) is 0 Å². The Balaban J connectivity index is 1.92. The van der Waals surface area contributed by atoms with Crippen LogP contribution in [0.2, 0.25) is 0 Å². The molecule has 0 bridgehead atoms. The summed E-state index contributed by atoms with van der Waals surface area (Å²) < 4.78 is 27.8. The smallest absolute Gasteiger partial charge is 0.264 e. The van der Waals surface area contributed by atoms with Crippen molar-refractivity contribution in [3.05, 3.63) is 60.2 Å². The minimum absolute atomic E-state index is 0.150. The van der Waals surface area contributed by atoms with E-state index >= 15 is 0 Å². The molecule has 1 aliphatic heterocycles. The second-order valence-corrected chi connectivity index (χ2v) is 9.09. The maximum atomic E-state index is 13.3. The fourth-order valence-electron chi connectivity index (χ4n) is 3.30. The monoisotopic (exact) mass is 386 g/mol. The summed E-state index contributed by atoms with van der Waals surface area (Å²) in [6.07, 6.45) is 1.92. The number of piperidine rings is 1. The number of hydrogen-bond donors (Lipinski definition) is 0. The average Bonchev–Trinajstić information content (AvgIpc) is 2.67. The molecule has 2 aromatic rings. The van der Waals surface area contributed by atoms with Crippen molar-refractivity contribution in [3.63, 3.8) is 0 Å². The Labute approximate surface area is 161 Å². The van der Waals surface area contributed by atoms with E-state index in [0.29, 0.717) is 24.7 Å². The molecular weight excluding hydrogens is 360 g/mol. The van der Waals surface area contributed by atoms with E-state index in [0.717, 1.165) is 18.4 Å². The molecule has 0 spiro atoms. The first-order valence-electron chi connectivity index (χ1n) is 9.30. The summed E-state index contributed by atoms with van der Waals surface area (Å²) in [4.78, 5) is 14.8. The number of nitrogens with zero attached hydrogens (tertiary/aromatic N) is 2. The lowest BCUT2D eigenvalue weighted by Crippen LogP contribution is -2.45. The van der Waals surface area contributed by atoms with Crippen LogP contribution in [-0.4, -0.2) is 38.9 Å². The molecule has 0 saturated carbocycles. The summed E-state index contributed by atoms with van der Waals surface area (Å²) in [7, 11) is -3.83. The molecule has 0 unspecified atom stereocenters. The average molecular weight is 387 g/mol. The van der Waals surface area contributed by atoms with E-state index in [-0.39, 0.29) is 17.3 Å². The quantitative estimate of drug-likeness (QED) is 0.791. The topological polar surface area (TPSA) is 57.7 Å². The maximum absolute atomic E-state index is 13.3. The molecule has 0 atom stereocenters. The molecule has 6 heteroatoms. The van der Waals surface area contributed by atoms with Gasteiger partial charge in [-0.15, -0.1) is 0 Å². The molecule has 0 aromatic heterocycles. The molecule has 27 heavy (non-hydrogen) atoms. The van der Waals surface area contributed by atoms with E-state index in [4.69, 9.17) is 0 Å². The third kappa shape index (κ3) is 4.50. The summed E-state index contributed by atoms with van der Waals surface area (Å²) in [5.74, 6) is 0.456. The first kappa shape index (κ1) is 19.4. The van der Waals surface area contributed by atoms with Crippen molar-refractivity contribution in [1.82, 2.24) is 4.90 Å². The van der Waals surface area contributed by atoms with Crippen LogP contribution in [0.25, 0.3) is 0 Å². The molecule has 1 amide bonds. The minimum Gasteiger partial charge on any atom is -0.341 e. The summed E-state index contributed by atoms with van der Waals surface area (Å²) >= 11 is 0. The number of anilines is 1. The van der Waals surface area contributed by atoms with Crippen LogP contribution < -0.4 is 4.31 Å². The van der Waals surface area contributed by atoms with E-state index in [2.05, 4.69) is 6.92 Å². The molecule has 0 N–H and O–H groups in total. The van der Waals surface area contributed by atoms with Gasteiger partial charge in [0.25, 0.3) is 10.0 Å². The van der Waals surface area contributed by atoms with Crippen molar-refractivity contribution < 1.29 is 13.2 Å². The molecule has 1 fully saturated rings. The molecule has 3 rings (SSSR count). The fraction of sp³-hybridized carbons (Fsp3) is 0.381. The zero-order chi connectivity index (χ0) is 19.4. The van der Waals surface area contributed by atoms with Gasteiger partial charge in [-0.3, -0.25) is 9.10 Å². The molecule has 5 nitrogen and oxygen atoms in total. The molecule has 144 valence electrons. The van der Waals surface area contributed by atoms with E-state index < -0.39 is 10.0 Å².